The van der Waals surface area contributed by atoms with Gasteiger partial charge in [0.25, 0.3) is 5.91 Å². The van der Waals surface area contributed by atoms with Gasteiger partial charge in [-0.1, -0.05) is 63.1 Å². The van der Waals surface area contributed by atoms with Gasteiger partial charge >= 0.3 is 0 Å². The van der Waals surface area contributed by atoms with Gasteiger partial charge in [-0.15, -0.1) is 10.2 Å². The van der Waals surface area contributed by atoms with E-state index in [1.807, 2.05) is 42.5 Å². The minimum absolute atomic E-state index is 0.0987. The summed E-state index contributed by atoms with van der Waals surface area (Å²) in [6.07, 6.45) is 0.671. The van der Waals surface area contributed by atoms with Crippen molar-refractivity contribution in [3.8, 4) is 22.1 Å². The fourth-order valence-electron chi connectivity index (χ4n) is 3.82. The van der Waals surface area contributed by atoms with Gasteiger partial charge < -0.3 is 19.7 Å². The molecule has 0 fully saturated rings. The molecular formula is C28H26BrClN4O4S. The van der Waals surface area contributed by atoms with Crippen molar-refractivity contribution in [2.75, 3.05) is 32.6 Å². The lowest BCUT2D eigenvalue weighted by atomic mass is 10.1. The van der Waals surface area contributed by atoms with Gasteiger partial charge in [-0.05, 0) is 54.4 Å². The fourth-order valence-corrected chi connectivity index (χ4v) is 5.11. The zero-order chi connectivity index (χ0) is 27.8. The smallest absolute Gasteiger partial charge is 0.253 e. The molecule has 1 heterocycles. The number of aromatic nitrogens is 2. The molecule has 1 aromatic heterocycles. The Morgan fingerprint density at radius 1 is 0.974 bits per heavy atom. The molecule has 8 nitrogen and oxygen atoms in total. The van der Waals surface area contributed by atoms with Crippen LogP contribution in [0.1, 0.15) is 22.3 Å². The third kappa shape index (κ3) is 7.78. The number of amides is 2. The second-order valence-corrected chi connectivity index (χ2v) is 10.8. The van der Waals surface area contributed by atoms with E-state index in [0.717, 1.165) is 15.6 Å². The number of hydrogen-bond donors (Lipinski definition) is 1. The van der Waals surface area contributed by atoms with Crippen molar-refractivity contribution < 1.29 is 19.1 Å². The molecule has 0 saturated heterocycles. The number of rotatable bonds is 11. The predicted octanol–water partition coefficient (Wildman–Crippen LogP) is 6.35. The molecule has 4 rings (SSSR count). The van der Waals surface area contributed by atoms with Crippen molar-refractivity contribution in [3.05, 3.63) is 87.4 Å². The Morgan fingerprint density at radius 3 is 2.46 bits per heavy atom. The van der Waals surface area contributed by atoms with Crippen LogP contribution in [0.3, 0.4) is 0 Å². The molecule has 0 unspecified atom stereocenters. The number of halogens is 2. The molecule has 1 N–H and O–H groups in total. The normalized spacial score (nSPS) is 10.7. The average molecular weight is 630 g/mol. The highest BCUT2D eigenvalue weighted by atomic mass is 79.9. The number of benzene rings is 3. The first-order chi connectivity index (χ1) is 18.9. The molecule has 39 heavy (non-hydrogen) atoms. The van der Waals surface area contributed by atoms with Crippen LogP contribution in [-0.4, -0.2) is 54.2 Å². The standard InChI is InChI=1S/C28H26BrClN4O4S/c1-37-23-11-6-18(16-24(23)38-2)12-14-34(27(36)20-4-3-5-21(29)17-20)15-13-25(35)31-28-33-32-26(39-28)19-7-9-22(30)10-8-19/h3-11,16-17H,12-15H2,1-2H3,(H,31,33,35). The summed E-state index contributed by atoms with van der Waals surface area (Å²) in [7, 11) is 3.17. The second-order valence-electron chi connectivity index (χ2n) is 8.46. The van der Waals surface area contributed by atoms with E-state index in [1.54, 1.807) is 43.4 Å². The summed E-state index contributed by atoms with van der Waals surface area (Å²) in [6.45, 7) is 0.640. The number of nitrogens with one attached hydrogen (secondary N) is 1. The minimum Gasteiger partial charge on any atom is -0.493 e. The van der Waals surface area contributed by atoms with E-state index in [2.05, 4.69) is 31.4 Å². The van der Waals surface area contributed by atoms with Crippen molar-refractivity contribution in [2.24, 2.45) is 0 Å². The van der Waals surface area contributed by atoms with Crippen LogP contribution in [0.15, 0.2) is 71.2 Å². The Hall–Kier alpha value is -3.47. The van der Waals surface area contributed by atoms with Crippen LogP contribution in [0.4, 0.5) is 5.13 Å². The molecule has 0 aliphatic rings. The molecule has 0 spiro atoms. The molecule has 3 aromatic carbocycles. The maximum Gasteiger partial charge on any atom is 0.253 e. The maximum atomic E-state index is 13.4. The highest BCUT2D eigenvalue weighted by Gasteiger charge is 2.19. The monoisotopic (exact) mass is 628 g/mol. The maximum absolute atomic E-state index is 13.4. The number of ether oxygens (including phenoxy) is 2. The molecule has 202 valence electrons. The number of hydrogen-bond acceptors (Lipinski definition) is 7. The highest BCUT2D eigenvalue weighted by Crippen LogP contribution is 2.29. The van der Waals surface area contributed by atoms with Crippen molar-refractivity contribution in [1.82, 2.24) is 15.1 Å². The molecule has 0 bridgehead atoms. The molecule has 0 aliphatic heterocycles. The van der Waals surface area contributed by atoms with E-state index in [9.17, 15) is 9.59 Å². The SMILES string of the molecule is COc1ccc(CCN(CCC(=O)Nc2nnc(-c3ccc(Cl)cc3)s2)C(=O)c2cccc(Br)c2)cc1OC. The first kappa shape index (κ1) is 28.5. The lowest BCUT2D eigenvalue weighted by Gasteiger charge is -2.23. The van der Waals surface area contributed by atoms with E-state index >= 15 is 0 Å². The van der Waals surface area contributed by atoms with Gasteiger partial charge in [0.05, 0.1) is 14.2 Å². The fraction of sp³-hybridized carbons (Fsp3) is 0.214. The Labute approximate surface area is 244 Å². The molecule has 0 aliphatic carbocycles. The van der Waals surface area contributed by atoms with E-state index in [1.165, 1.54) is 11.3 Å². The number of anilines is 1. The van der Waals surface area contributed by atoms with Gasteiger partial charge in [-0.2, -0.15) is 0 Å². The second kappa shape index (κ2) is 13.5. The van der Waals surface area contributed by atoms with Gasteiger partial charge in [-0.3, -0.25) is 9.59 Å². The Morgan fingerprint density at radius 2 is 1.74 bits per heavy atom. The topological polar surface area (TPSA) is 93.6 Å². The third-order valence-electron chi connectivity index (χ3n) is 5.85. The molecule has 0 atom stereocenters. The van der Waals surface area contributed by atoms with E-state index < -0.39 is 0 Å². The summed E-state index contributed by atoms with van der Waals surface area (Å²) < 4.78 is 11.5. The number of methoxy groups -OCH3 is 2. The van der Waals surface area contributed by atoms with Crippen LogP contribution in [-0.2, 0) is 11.2 Å². The van der Waals surface area contributed by atoms with Crippen molar-refractivity contribution >= 4 is 55.8 Å². The van der Waals surface area contributed by atoms with Gasteiger partial charge in [0.1, 0.15) is 5.01 Å². The van der Waals surface area contributed by atoms with Crippen LogP contribution in [0.25, 0.3) is 10.6 Å². The summed E-state index contributed by atoms with van der Waals surface area (Å²) in [5.74, 6) is 0.836. The predicted molar refractivity (Wildman–Crippen MR) is 157 cm³/mol. The average Bonchev–Trinajstić information content (AvgIpc) is 3.41. The Kier molecular flexibility index (Phi) is 9.91. The molecule has 0 saturated carbocycles. The van der Waals surface area contributed by atoms with Gasteiger partial charge in [0.15, 0.2) is 11.5 Å². The van der Waals surface area contributed by atoms with Crippen LogP contribution < -0.4 is 14.8 Å². The summed E-state index contributed by atoms with van der Waals surface area (Å²) in [6, 6.07) is 20.1. The largest absolute Gasteiger partial charge is 0.493 e. The summed E-state index contributed by atoms with van der Waals surface area (Å²) in [5, 5.41) is 12.7. The molecule has 11 heteroatoms. The number of nitrogens with zero attached hydrogens (tertiary/aromatic N) is 3. The molecule has 2 amide bonds. The quantitative estimate of drug-likeness (QED) is 0.208. The summed E-state index contributed by atoms with van der Waals surface area (Å²) >= 11 is 10.7. The Bertz CT molecular complexity index is 1450. The third-order valence-corrected chi connectivity index (χ3v) is 7.48. The Balaban J connectivity index is 1.42. The van der Waals surface area contributed by atoms with Gasteiger partial charge in [0.2, 0.25) is 11.0 Å². The number of carbonyl (C=O) groups excluding carboxylic acids is 2. The summed E-state index contributed by atoms with van der Waals surface area (Å²) in [4.78, 5) is 27.9. The van der Waals surface area contributed by atoms with Crippen molar-refractivity contribution in [3.63, 3.8) is 0 Å². The van der Waals surface area contributed by atoms with Crippen molar-refractivity contribution in [2.45, 2.75) is 12.8 Å². The zero-order valence-electron chi connectivity index (χ0n) is 21.3. The molecule has 4 aromatic rings. The van der Waals surface area contributed by atoms with Crippen LogP contribution in [0.2, 0.25) is 5.02 Å². The lowest BCUT2D eigenvalue weighted by molar-refractivity contribution is -0.116. The highest BCUT2D eigenvalue weighted by molar-refractivity contribution is 9.10. The molecule has 0 radical (unpaired) electrons. The van der Waals surface area contributed by atoms with Gasteiger partial charge in [0, 0.05) is 40.1 Å². The molecular weight excluding hydrogens is 604 g/mol. The number of carbonyl (C=O) groups is 2. The minimum atomic E-state index is -0.257. The van der Waals surface area contributed by atoms with E-state index in [-0.39, 0.29) is 24.8 Å². The zero-order valence-corrected chi connectivity index (χ0v) is 24.5. The van der Waals surface area contributed by atoms with Crippen LogP contribution >= 0.6 is 38.9 Å². The van der Waals surface area contributed by atoms with E-state index in [0.29, 0.717) is 45.2 Å². The van der Waals surface area contributed by atoms with Crippen LogP contribution in [0, 0.1) is 0 Å². The first-order valence-electron chi connectivity index (χ1n) is 12.0. The summed E-state index contributed by atoms with van der Waals surface area (Å²) in [5.41, 5.74) is 2.37. The van der Waals surface area contributed by atoms with E-state index in [4.69, 9.17) is 21.1 Å². The first-order valence-corrected chi connectivity index (χ1v) is 14.0. The lowest BCUT2D eigenvalue weighted by Crippen LogP contribution is -2.35. The van der Waals surface area contributed by atoms with Gasteiger partial charge in [-0.25, -0.2) is 0 Å². The van der Waals surface area contributed by atoms with Crippen LogP contribution in [0.5, 0.6) is 11.5 Å². The van der Waals surface area contributed by atoms with Crippen molar-refractivity contribution in [1.29, 1.82) is 0 Å².